The zero-order chi connectivity index (χ0) is 15.7. The maximum atomic E-state index is 11.0. The van der Waals surface area contributed by atoms with Crippen molar-refractivity contribution in [1.82, 2.24) is 0 Å². The van der Waals surface area contributed by atoms with E-state index in [9.17, 15) is 9.90 Å². The first-order valence-electron chi connectivity index (χ1n) is 7.05. The molecule has 0 aliphatic heterocycles. The van der Waals surface area contributed by atoms with Crippen molar-refractivity contribution in [3.05, 3.63) is 35.1 Å². The fraction of sp³-hybridized carbons (Fsp3) is 0.588. The lowest BCUT2D eigenvalue weighted by Gasteiger charge is -2.33. The maximum absolute atomic E-state index is 11.0. The van der Waals surface area contributed by atoms with Crippen molar-refractivity contribution < 1.29 is 9.90 Å². The van der Waals surface area contributed by atoms with Crippen LogP contribution in [0.5, 0.6) is 0 Å². The number of aliphatic hydroxyl groups is 1. The van der Waals surface area contributed by atoms with E-state index in [2.05, 4.69) is 53.7 Å². The van der Waals surface area contributed by atoms with E-state index in [4.69, 9.17) is 5.73 Å². The van der Waals surface area contributed by atoms with Gasteiger partial charge in [0, 0.05) is 5.92 Å². The minimum absolute atomic E-state index is 0.0101. The first kappa shape index (κ1) is 16.5. The van der Waals surface area contributed by atoms with Crippen LogP contribution in [0.2, 0.25) is 0 Å². The van der Waals surface area contributed by atoms with E-state index >= 15 is 0 Å². The van der Waals surface area contributed by atoms with Crippen molar-refractivity contribution in [3.8, 4) is 0 Å². The Morgan fingerprint density at radius 3 is 2.20 bits per heavy atom. The monoisotopic (exact) mass is 277 g/mol. The molecule has 0 aromatic rings. The van der Waals surface area contributed by atoms with Crippen molar-refractivity contribution in [3.63, 3.8) is 0 Å². The molecule has 1 aliphatic carbocycles. The van der Waals surface area contributed by atoms with Gasteiger partial charge in [-0.1, -0.05) is 59.3 Å². The molecule has 1 atom stereocenters. The lowest BCUT2D eigenvalue weighted by atomic mass is 9.72. The minimum Gasteiger partial charge on any atom is -0.503 e. The van der Waals surface area contributed by atoms with E-state index in [0.717, 1.165) is 6.42 Å². The van der Waals surface area contributed by atoms with Crippen LogP contribution < -0.4 is 5.73 Å². The number of hydrogen-bond acceptors (Lipinski definition) is 2. The van der Waals surface area contributed by atoms with Gasteiger partial charge in [-0.25, -0.2) is 0 Å². The third-order valence-corrected chi connectivity index (χ3v) is 3.63. The zero-order valence-corrected chi connectivity index (χ0v) is 13.4. The van der Waals surface area contributed by atoms with Gasteiger partial charge in [0.05, 0.1) is 0 Å². The van der Waals surface area contributed by atoms with E-state index < -0.39 is 5.91 Å². The first-order chi connectivity index (χ1) is 8.91. The van der Waals surface area contributed by atoms with Gasteiger partial charge in [0.1, 0.15) is 0 Å². The highest BCUT2D eigenvalue weighted by atomic mass is 16.3. The molecule has 0 heterocycles. The summed E-state index contributed by atoms with van der Waals surface area (Å²) >= 11 is 0. The Morgan fingerprint density at radius 2 is 1.80 bits per heavy atom. The highest BCUT2D eigenvalue weighted by Gasteiger charge is 2.27. The van der Waals surface area contributed by atoms with Gasteiger partial charge in [0.2, 0.25) is 0 Å². The summed E-state index contributed by atoms with van der Waals surface area (Å²) in [6.45, 7) is 13.0. The van der Waals surface area contributed by atoms with Crippen molar-refractivity contribution in [2.75, 3.05) is 0 Å². The second kappa shape index (κ2) is 5.47. The average Bonchev–Trinajstić information content (AvgIpc) is 2.26. The molecule has 0 bridgehead atoms. The summed E-state index contributed by atoms with van der Waals surface area (Å²) in [5.74, 6) is -1.12. The number of carbonyl (C=O) groups is 1. The normalized spacial score (nSPS) is 21.3. The molecule has 112 valence electrons. The highest BCUT2D eigenvalue weighted by Crippen LogP contribution is 2.40. The van der Waals surface area contributed by atoms with E-state index in [1.165, 1.54) is 11.1 Å². The molecule has 1 aliphatic rings. The molecule has 20 heavy (non-hydrogen) atoms. The van der Waals surface area contributed by atoms with E-state index in [-0.39, 0.29) is 22.5 Å². The lowest BCUT2D eigenvalue weighted by Crippen LogP contribution is -2.21. The van der Waals surface area contributed by atoms with E-state index in [1.54, 1.807) is 6.08 Å². The van der Waals surface area contributed by atoms with Gasteiger partial charge in [-0.2, -0.15) is 0 Å². The Morgan fingerprint density at radius 1 is 1.25 bits per heavy atom. The van der Waals surface area contributed by atoms with Crippen LogP contribution in [-0.4, -0.2) is 11.0 Å². The standard InChI is InChI=1S/C17H27NO2/c1-16(2,3)12-7-11(9-14(19)15(18)20)8-13(10-12)17(4,5)6/h7,9-11,19H,8H2,1-6H3,(H2,18,20). The van der Waals surface area contributed by atoms with Gasteiger partial charge in [0.25, 0.3) is 5.91 Å². The van der Waals surface area contributed by atoms with E-state index in [1.807, 2.05) is 0 Å². The number of carbonyl (C=O) groups excluding carboxylic acids is 1. The molecule has 0 fully saturated rings. The molecule has 0 saturated carbocycles. The van der Waals surface area contributed by atoms with Crippen LogP contribution >= 0.6 is 0 Å². The maximum Gasteiger partial charge on any atom is 0.283 e. The second-order valence-electron chi connectivity index (χ2n) is 7.58. The summed E-state index contributed by atoms with van der Waals surface area (Å²) in [7, 11) is 0. The Balaban J connectivity index is 3.20. The molecule has 0 saturated heterocycles. The summed E-state index contributed by atoms with van der Waals surface area (Å²) in [6, 6.07) is 0. The number of amides is 1. The Hall–Kier alpha value is -1.51. The van der Waals surface area contributed by atoms with Crippen LogP contribution in [0.1, 0.15) is 48.0 Å². The van der Waals surface area contributed by atoms with Gasteiger partial charge in [-0.05, 0) is 28.9 Å². The first-order valence-corrected chi connectivity index (χ1v) is 7.05. The van der Waals surface area contributed by atoms with Gasteiger partial charge < -0.3 is 10.8 Å². The highest BCUT2D eigenvalue weighted by molar-refractivity contribution is 5.89. The van der Waals surface area contributed by atoms with Crippen LogP contribution in [0.4, 0.5) is 0 Å². The van der Waals surface area contributed by atoms with Crippen LogP contribution in [0, 0.1) is 16.7 Å². The van der Waals surface area contributed by atoms with Crippen LogP contribution in [0.15, 0.2) is 35.1 Å². The fourth-order valence-corrected chi connectivity index (χ4v) is 2.22. The molecule has 3 N–H and O–H groups in total. The molecule has 0 aromatic carbocycles. The number of nitrogens with two attached hydrogens (primary N) is 1. The SMILES string of the molecule is CC(C)(C)C1=CC(C=C(O)C(N)=O)CC(C(C)(C)C)=C1. The van der Waals surface area contributed by atoms with Crippen molar-refractivity contribution in [2.24, 2.45) is 22.5 Å². The molecule has 0 spiro atoms. The van der Waals surface area contributed by atoms with Gasteiger partial charge >= 0.3 is 0 Å². The zero-order valence-electron chi connectivity index (χ0n) is 13.4. The van der Waals surface area contributed by atoms with Crippen LogP contribution in [0.25, 0.3) is 0 Å². The molecule has 1 unspecified atom stereocenters. The number of allylic oxidation sites excluding steroid dienone is 5. The van der Waals surface area contributed by atoms with E-state index in [0.29, 0.717) is 0 Å². The third kappa shape index (κ3) is 4.26. The Kier molecular flexibility index (Phi) is 4.52. The summed E-state index contributed by atoms with van der Waals surface area (Å²) in [6.07, 6.45) is 6.74. The Labute approximate surface area is 122 Å². The molecule has 1 rings (SSSR count). The molecule has 1 amide bonds. The quantitative estimate of drug-likeness (QED) is 0.594. The molecule has 0 radical (unpaired) electrons. The number of primary amides is 1. The largest absolute Gasteiger partial charge is 0.503 e. The molecule has 0 aromatic heterocycles. The number of hydrogen-bond donors (Lipinski definition) is 2. The topological polar surface area (TPSA) is 63.3 Å². The summed E-state index contributed by atoms with van der Waals surface area (Å²) in [5.41, 5.74) is 7.75. The smallest absolute Gasteiger partial charge is 0.283 e. The van der Waals surface area contributed by atoms with Gasteiger partial charge in [0.15, 0.2) is 5.76 Å². The fourth-order valence-electron chi connectivity index (χ4n) is 2.22. The van der Waals surface area contributed by atoms with Gasteiger partial charge in [-0.3, -0.25) is 4.79 Å². The molecular weight excluding hydrogens is 250 g/mol. The number of aliphatic hydroxyl groups excluding tert-OH is 1. The van der Waals surface area contributed by atoms with Crippen LogP contribution in [-0.2, 0) is 4.79 Å². The summed E-state index contributed by atoms with van der Waals surface area (Å²) in [4.78, 5) is 11.0. The van der Waals surface area contributed by atoms with Crippen LogP contribution in [0.3, 0.4) is 0 Å². The lowest BCUT2D eigenvalue weighted by molar-refractivity contribution is -0.117. The predicted octanol–water partition coefficient (Wildman–Crippen LogP) is 3.88. The van der Waals surface area contributed by atoms with Gasteiger partial charge in [-0.15, -0.1) is 0 Å². The average molecular weight is 277 g/mol. The van der Waals surface area contributed by atoms with Crippen molar-refractivity contribution >= 4 is 5.91 Å². The predicted molar refractivity (Wildman–Crippen MR) is 83.1 cm³/mol. The molecular formula is C17H27NO2. The molecule has 3 nitrogen and oxygen atoms in total. The third-order valence-electron chi connectivity index (χ3n) is 3.63. The Bertz CT molecular complexity index is 482. The minimum atomic E-state index is -0.775. The summed E-state index contributed by atoms with van der Waals surface area (Å²) in [5, 5.41) is 9.59. The molecule has 3 heteroatoms. The summed E-state index contributed by atoms with van der Waals surface area (Å²) < 4.78 is 0. The second-order valence-corrected chi connectivity index (χ2v) is 7.58. The van der Waals surface area contributed by atoms with Crippen molar-refractivity contribution in [2.45, 2.75) is 48.0 Å². The number of rotatable bonds is 2. The van der Waals surface area contributed by atoms with Crippen molar-refractivity contribution in [1.29, 1.82) is 0 Å².